The smallest absolute Gasteiger partial charge is 0.163 e. The predicted octanol–water partition coefficient (Wildman–Crippen LogP) is 2.19. The number of aromatic nitrogens is 5. The first-order valence-corrected chi connectivity index (χ1v) is 7.04. The van der Waals surface area contributed by atoms with Crippen LogP contribution in [0, 0.1) is 0 Å². The van der Waals surface area contributed by atoms with Crippen LogP contribution in [-0.2, 0) is 7.05 Å². The van der Waals surface area contributed by atoms with Crippen LogP contribution in [0.15, 0.2) is 35.7 Å². The van der Waals surface area contributed by atoms with Gasteiger partial charge in [-0.25, -0.2) is 15.0 Å². The molecule has 0 amide bonds. The monoisotopic (exact) mass is 286 g/mol. The van der Waals surface area contributed by atoms with Crippen LogP contribution in [0.4, 0.5) is 5.82 Å². The van der Waals surface area contributed by atoms with Crippen molar-refractivity contribution in [2.45, 2.75) is 17.1 Å². The van der Waals surface area contributed by atoms with Crippen LogP contribution in [-0.4, -0.2) is 24.7 Å². The highest BCUT2D eigenvalue weighted by molar-refractivity contribution is 7.99. The number of rotatable bonds is 3. The van der Waals surface area contributed by atoms with E-state index in [1.165, 1.54) is 6.33 Å². The maximum absolute atomic E-state index is 5.98. The Labute approximate surface area is 120 Å². The van der Waals surface area contributed by atoms with Gasteiger partial charge >= 0.3 is 0 Å². The van der Waals surface area contributed by atoms with Crippen molar-refractivity contribution < 1.29 is 0 Å². The van der Waals surface area contributed by atoms with Gasteiger partial charge in [0, 0.05) is 11.9 Å². The Bertz CT molecular complexity index is 748. The molecule has 102 valence electrons. The third-order valence-electron chi connectivity index (χ3n) is 2.94. The molecule has 0 fully saturated rings. The van der Waals surface area contributed by atoms with Gasteiger partial charge in [0.05, 0.1) is 16.2 Å². The lowest BCUT2D eigenvalue weighted by atomic mass is 10.2. The lowest BCUT2D eigenvalue weighted by Gasteiger charge is -2.10. The fourth-order valence-corrected chi connectivity index (χ4v) is 3.06. The molecule has 0 spiro atoms. The summed E-state index contributed by atoms with van der Waals surface area (Å²) >= 11 is 1.66. The Hall–Kier alpha value is -2.15. The highest BCUT2D eigenvalue weighted by atomic mass is 32.2. The zero-order valence-electron chi connectivity index (χ0n) is 11.2. The van der Waals surface area contributed by atoms with Gasteiger partial charge in [0.25, 0.3) is 0 Å². The molecular weight excluding hydrogens is 272 g/mol. The molecule has 20 heavy (non-hydrogen) atoms. The van der Waals surface area contributed by atoms with Gasteiger partial charge in [0.1, 0.15) is 18.5 Å². The van der Waals surface area contributed by atoms with E-state index in [1.54, 1.807) is 22.8 Å². The topological polar surface area (TPSA) is 82.5 Å². The Morgan fingerprint density at radius 3 is 2.85 bits per heavy atom. The molecule has 2 N–H and O–H groups in total. The fourth-order valence-electron chi connectivity index (χ4n) is 1.99. The first kappa shape index (κ1) is 12.9. The summed E-state index contributed by atoms with van der Waals surface area (Å²) in [4.78, 5) is 13.6. The van der Waals surface area contributed by atoms with Crippen LogP contribution in [0.25, 0.3) is 10.9 Å². The molecule has 3 aromatic rings. The number of aryl methyl sites for hydroxylation is 1. The molecule has 6 nitrogen and oxygen atoms in total. The van der Waals surface area contributed by atoms with E-state index in [4.69, 9.17) is 5.73 Å². The fraction of sp³-hybridized carbons (Fsp3) is 0.231. The molecule has 0 aliphatic carbocycles. The highest BCUT2D eigenvalue weighted by Gasteiger charge is 2.15. The second kappa shape index (κ2) is 5.09. The standard InChI is InChI=1S/C13H14N6S/c1-8(13-17-7-19(2)18-13)20-10-5-3-4-9-11(10)12(14)16-6-15-9/h3-8H,1-2H3,(H2,14,15,16). The normalized spacial score (nSPS) is 12.7. The molecule has 0 saturated heterocycles. The van der Waals surface area contributed by atoms with Crippen molar-refractivity contribution in [1.29, 1.82) is 0 Å². The largest absolute Gasteiger partial charge is 0.383 e. The molecule has 7 heteroatoms. The quantitative estimate of drug-likeness (QED) is 0.743. The summed E-state index contributed by atoms with van der Waals surface area (Å²) in [5.41, 5.74) is 6.83. The lowest BCUT2D eigenvalue weighted by Crippen LogP contribution is -1.97. The molecule has 2 aromatic heterocycles. The number of nitrogens with zero attached hydrogens (tertiary/aromatic N) is 5. The number of anilines is 1. The van der Waals surface area contributed by atoms with Crippen molar-refractivity contribution in [3.8, 4) is 0 Å². The van der Waals surface area contributed by atoms with E-state index in [0.717, 1.165) is 21.6 Å². The maximum Gasteiger partial charge on any atom is 0.163 e. The van der Waals surface area contributed by atoms with Gasteiger partial charge in [0.2, 0.25) is 0 Å². The van der Waals surface area contributed by atoms with Gasteiger partial charge in [-0.3, -0.25) is 4.68 Å². The number of hydrogen-bond donors (Lipinski definition) is 1. The third-order valence-corrected chi connectivity index (χ3v) is 4.10. The van der Waals surface area contributed by atoms with Gasteiger partial charge in [-0.1, -0.05) is 6.07 Å². The maximum atomic E-state index is 5.98. The first-order valence-electron chi connectivity index (χ1n) is 6.16. The molecule has 0 radical (unpaired) electrons. The number of fused-ring (bicyclic) bond motifs is 1. The van der Waals surface area contributed by atoms with Crippen molar-refractivity contribution >= 4 is 28.5 Å². The Morgan fingerprint density at radius 2 is 2.10 bits per heavy atom. The number of hydrogen-bond acceptors (Lipinski definition) is 6. The van der Waals surface area contributed by atoms with Gasteiger partial charge in [-0.05, 0) is 19.1 Å². The molecule has 0 aliphatic heterocycles. The van der Waals surface area contributed by atoms with Crippen molar-refractivity contribution in [2.75, 3.05) is 5.73 Å². The minimum absolute atomic E-state index is 0.126. The molecule has 2 heterocycles. The number of nitrogens with two attached hydrogens (primary N) is 1. The molecule has 0 aliphatic rings. The van der Waals surface area contributed by atoms with Crippen LogP contribution < -0.4 is 5.73 Å². The van der Waals surface area contributed by atoms with E-state index >= 15 is 0 Å². The summed E-state index contributed by atoms with van der Waals surface area (Å²) in [5, 5.41) is 5.35. The van der Waals surface area contributed by atoms with E-state index in [-0.39, 0.29) is 5.25 Å². The number of benzene rings is 1. The van der Waals surface area contributed by atoms with E-state index in [0.29, 0.717) is 5.82 Å². The minimum Gasteiger partial charge on any atom is -0.383 e. The SMILES string of the molecule is CC(Sc1cccc2ncnc(N)c12)c1ncn(C)n1. The van der Waals surface area contributed by atoms with Crippen LogP contribution in [0.3, 0.4) is 0 Å². The van der Waals surface area contributed by atoms with Gasteiger partial charge < -0.3 is 5.73 Å². The zero-order chi connectivity index (χ0) is 14.1. The molecule has 0 saturated carbocycles. The number of thioether (sulfide) groups is 1. The Balaban J connectivity index is 1.99. The van der Waals surface area contributed by atoms with Crippen molar-refractivity contribution in [2.24, 2.45) is 7.05 Å². The second-order valence-electron chi connectivity index (χ2n) is 4.45. The summed E-state index contributed by atoms with van der Waals surface area (Å²) in [5.74, 6) is 1.30. The highest BCUT2D eigenvalue weighted by Crippen LogP contribution is 2.38. The summed E-state index contributed by atoms with van der Waals surface area (Å²) in [6.07, 6.45) is 3.18. The van der Waals surface area contributed by atoms with Crippen LogP contribution in [0.5, 0.6) is 0 Å². The molecule has 1 aromatic carbocycles. The molecule has 0 bridgehead atoms. The summed E-state index contributed by atoms with van der Waals surface area (Å²) < 4.78 is 1.70. The molecular formula is C13H14N6S. The average Bonchev–Trinajstić information content (AvgIpc) is 2.86. The van der Waals surface area contributed by atoms with Crippen molar-refractivity contribution in [3.05, 3.63) is 36.7 Å². The van der Waals surface area contributed by atoms with Crippen LogP contribution in [0.1, 0.15) is 18.0 Å². The van der Waals surface area contributed by atoms with Gasteiger partial charge in [-0.2, -0.15) is 5.10 Å². The Kier molecular flexibility index (Phi) is 3.27. The second-order valence-corrected chi connectivity index (χ2v) is 5.83. The number of nitrogen functional groups attached to an aromatic ring is 1. The summed E-state index contributed by atoms with van der Waals surface area (Å²) in [7, 11) is 1.86. The van der Waals surface area contributed by atoms with E-state index < -0.39 is 0 Å². The summed E-state index contributed by atoms with van der Waals surface area (Å²) in [6, 6.07) is 5.92. The van der Waals surface area contributed by atoms with Gasteiger partial charge in [0.15, 0.2) is 5.82 Å². The van der Waals surface area contributed by atoms with Crippen molar-refractivity contribution in [1.82, 2.24) is 24.7 Å². The molecule has 1 unspecified atom stereocenters. The summed E-state index contributed by atoms with van der Waals surface area (Å²) in [6.45, 7) is 2.07. The first-order chi connectivity index (χ1) is 9.65. The van der Waals surface area contributed by atoms with Crippen LogP contribution in [0.2, 0.25) is 0 Å². The Morgan fingerprint density at radius 1 is 1.25 bits per heavy atom. The van der Waals surface area contributed by atoms with Crippen molar-refractivity contribution in [3.63, 3.8) is 0 Å². The van der Waals surface area contributed by atoms with Crippen LogP contribution >= 0.6 is 11.8 Å². The molecule has 1 atom stereocenters. The zero-order valence-corrected chi connectivity index (χ0v) is 12.0. The molecule has 3 rings (SSSR count). The lowest BCUT2D eigenvalue weighted by molar-refractivity contribution is 0.743. The van der Waals surface area contributed by atoms with E-state index in [1.807, 2.05) is 25.2 Å². The van der Waals surface area contributed by atoms with E-state index in [2.05, 4.69) is 27.0 Å². The predicted molar refractivity (Wildman–Crippen MR) is 79.2 cm³/mol. The third kappa shape index (κ3) is 2.32. The average molecular weight is 286 g/mol. The minimum atomic E-state index is 0.126. The van der Waals surface area contributed by atoms with Gasteiger partial charge in [-0.15, -0.1) is 11.8 Å². The van der Waals surface area contributed by atoms with E-state index in [9.17, 15) is 0 Å².